The molecule has 1 spiro atoms. The molecular weight excluding hydrogens is 212 g/mol. The van der Waals surface area contributed by atoms with Crippen molar-refractivity contribution in [3.05, 3.63) is 0 Å². The summed E-state index contributed by atoms with van der Waals surface area (Å²) in [6.45, 7) is 2.01. The Morgan fingerprint density at radius 2 is 1.71 bits per heavy atom. The normalized spacial score (nSPS) is 51.2. The van der Waals surface area contributed by atoms with Crippen molar-refractivity contribution < 1.29 is 9.84 Å². The summed E-state index contributed by atoms with van der Waals surface area (Å²) in [6.07, 6.45) is 12.5. The van der Waals surface area contributed by atoms with Crippen molar-refractivity contribution in [2.45, 2.75) is 88.4 Å². The zero-order chi connectivity index (χ0) is 11.9. The Morgan fingerprint density at radius 1 is 0.941 bits per heavy atom. The molecule has 3 rings (SSSR count). The van der Waals surface area contributed by atoms with Crippen molar-refractivity contribution in [2.24, 2.45) is 5.92 Å². The molecular formula is C15H26O2. The van der Waals surface area contributed by atoms with Gasteiger partial charge in [-0.1, -0.05) is 25.7 Å². The van der Waals surface area contributed by atoms with E-state index < -0.39 is 5.60 Å². The second-order valence-electron chi connectivity index (χ2n) is 6.71. The van der Waals surface area contributed by atoms with Crippen molar-refractivity contribution in [1.29, 1.82) is 0 Å². The van der Waals surface area contributed by atoms with Gasteiger partial charge in [0.1, 0.15) is 0 Å². The van der Waals surface area contributed by atoms with Gasteiger partial charge in [0.2, 0.25) is 0 Å². The minimum atomic E-state index is -0.590. The van der Waals surface area contributed by atoms with Crippen molar-refractivity contribution >= 4 is 0 Å². The molecule has 1 N–H and O–H groups in total. The molecule has 2 heteroatoms. The first-order valence-corrected chi connectivity index (χ1v) is 7.53. The minimum Gasteiger partial charge on any atom is -0.387 e. The largest absolute Gasteiger partial charge is 0.387 e. The van der Waals surface area contributed by atoms with Crippen LogP contribution in [0, 0.1) is 5.92 Å². The highest BCUT2D eigenvalue weighted by Gasteiger charge is 2.53. The van der Waals surface area contributed by atoms with Crippen molar-refractivity contribution in [3.8, 4) is 0 Å². The van der Waals surface area contributed by atoms with Gasteiger partial charge in [0.05, 0.1) is 17.3 Å². The summed E-state index contributed by atoms with van der Waals surface area (Å²) in [5.41, 5.74) is -0.794. The Balaban J connectivity index is 1.79. The Labute approximate surface area is 105 Å². The van der Waals surface area contributed by atoms with Crippen LogP contribution in [-0.2, 0) is 4.74 Å². The van der Waals surface area contributed by atoms with Gasteiger partial charge in [-0.2, -0.15) is 0 Å². The molecule has 0 aromatic carbocycles. The van der Waals surface area contributed by atoms with Crippen LogP contribution in [0.5, 0.6) is 0 Å². The first kappa shape index (κ1) is 12.0. The lowest BCUT2D eigenvalue weighted by molar-refractivity contribution is -0.256. The molecule has 1 saturated heterocycles. The first-order valence-electron chi connectivity index (χ1n) is 7.53. The maximum atomic E-state index is 10.7. The van der Waals surface area contributed by atoms with E-state index >= 15 is 0 Å². The van der Waals surface area contributed by atoms with Crippen LogP contribution >= 0.6 is 0 Å². The maximum absolute atomic E-state index is 10.7. The Kier molecular flexibility index (Phi) is 2.99. The summed E-state index contributed by atoms with van der Waals surface area (Å²) in [6, 6.07) is 0. The molecule has 0 bridgehead atoms. The molecule has 3 aliphatic rings. The van der Waals surface area contributed by atoms with E-state index in [1.165, 1.54) is 38.5 Å². The Bertz CT molecular complexity index is 287. The zero-order valence-electron chi connectivity index (χ0n) is 11.1. The van der Waals surface area contributed by atoms with E-state index in [1.54, 1.807) is 0 Å². The van der Waals surface area contributed by atoms with Gasteiger partial charge >= 0.3 is 0 Å². The third-order valence-corrected chi connectivity index (χ3v) is 5.61. The molecule has 98 valence electrons. The zero-order valence-corrected chi connectivity index (χ0v) is 11.1. The second-order valence-corrected chi connectivity index (χ2v) is 6.71. The average Bonchev–Trinajstić information content (AvgIpc) is 2.33. The van der Waals surface area contributed by atoms with Crippen LogP contribution in [0.25, 0.3) is 0 Å². The molecule has 17 heavy (non-hydrogen) atoms. The number of hydrogen-bond donors (Lipinski definition) is 1. The highest BCUT2D eigenvalue weighted by Crippen LogP contribution is 2.50. The van der Waals surface area contributed by atoms with Gasteiger partial charge < -0.3 is 9.84 Å². The molecule has 4 atom stereocenters. The molecule has 2 nitrogen and oxygen atoms in total. The van der Waals surface area contributed by atoms with E-state index in [-0.39, 0.29) is 5.60 Å². The van der Waals surface area contributed by atoms with E-state index in [4.69, 9.17) is 4.74 Å². The third kappa shape index (κ3) is 1.94. The predicted molar refractivity (Wildman–Crippen MR) is 67.9 cm³/mol. The van der Waals surface area contributed by atoms with Crippen LogP contribution in [0.3, 0.4) is 0 Å². The predicted octanol–water partition coefficient (Wildman–Crippen LogP) is 3.42. The Morgan fingerprint density at radius 3 is 2.53 bits per heavy atom. The van der Waals surface area contributed by atoms with Crippen LogP contribution in [0.15, 0.2) is 0 Å². The fourth-order valence-corrected chi connectivity index (χ4v) is 4.38. The monoisotopic (exact) mass is 238 g/mol. The molecule has 2 saturated carbocycles. The van der Waals surface area contributed by atoms with E-state index in [2.05, 4.69) is 0 Å². The van der Waals surface area contributed by atoms with Gasteiger partial charge in [-0.3, -0.25) is 0 Å². The smallest absolute Gasteiger partial charge is 0.0969 e. The molecule has 1 aliphatic heterocycles. The fourth-order valence-electron chi connectivity index (χ4n) is 4.38. The summed E-state index contributed by atoms with van der Waals surface area (Å²) in [4.78, 5) is 0. The molecule has 0 aromatic rings. The summed E-state index contributed by atoms with van der Waals surface area (Å²) < 4.78 is 6.48. The number of rotatable bonds is 0. The maximum Gasteiger partial charge on any atom is 0.0969 e. The summed E-state index contributed by atoms with van der Waals surface area (Å²) in [5, 5.41) is 10.7. The number of aliphatic hydroxyl groups is 1. The summed E-state index contributed by atoms with van der Waals surface area (Å²) in [7, 11) is 0. The lowest BCUT2D eigenvalue weighted by Crippen LogP contribution is -2.60. The van der Waals surface area contributed by atoms with Gasteiger partial charge in [0, 0.05) is 0 Å². The van der Waals surface area contributed by atoms with Gasteiger partial charge in [-0.25, -0.2) is 0 Å². The van der Waals surface area contributed by atoms with E-state index in [9.17, 15) is 5.11 Å². The fraction of sp³-hybridized carbons (Fsp3) is 1.00. The number of fused-ring (bicyclic) bond motifs is 1. The third-order valence-electron chi connectivity index (χ3n) is 5.61. The topological polar surface area (TPSA) is 29.5 Å². The van der Waals surface area contributed by atoms with Crippen LogP contribution in [0.4, 0.5) is 0 Å². The quantitative estimate of drug-likeness (QED) is 0.700. The molecule has 0 amide bonds. The lowest BCUT2D eigenvalue weighted by Gasteiger charge is -2.55. The van der Waals surface area contributed by atoms with Crippen LogP contribution in [0.1, 0.15) is 71.1 Å². The highest BCUT2D eigenvalue weighted by molar-refractivity contribution is 5.04. The summed E-state index contributed by atoms with van der Waals surface area (Å²) in [5.74, 6) is 0.784. The van der Waals surface area contributed by atoms with Gasteiger partial charge in [0.25, 0.3) is 0 Å². The average molecular weight is 238 g/mol. The van der Waals surface area contributed by atoms with E-state index in [1.807, 2.05) is 6.92 Å². The minimum absolute atomic E-state index is 0.205. The van der Waals surface area contributed by atoms with Gasteiger partial charge in [0.15, 0.2) is 0 Å². The van der Waals surface area contributed by atoms with Crippen LogP contribution in [0.2, 0.25) is 0 Å². The molecule has 0 aromatic heterocycles. The standard InChI is InChI=1S/C15H26O2/c1-14(16)9-4-5-10-15(14)11-8-12-6-2-3-7-13(12)17-15/h12-13,16H,2-11H2,1H3. The molecule has 2 aliphatic carbocycles. The van der Waals surface area contributed by atoms with Gasteiger partial charge in [-0.05, 0) is 51.4 Å². The molecule has 1 heterocycles. The second kappa shape index (κ2) is 4.24. The summed E-state index contributed by atoms with van der Waals surface area (Å²) >= 11 is 0. The molecule has 0 radical (unpaired) electrons. The SMILES string of the molecule is CC1(O)CCCCC12CCC1CCCCC1O2. The van der Waals surface area contributed by atoms with Crippen molar-refractivity contribution in [2.75, 3.05) is 0 Å². The lowest BCUT2D eigenvalue weighted by atomic mass is 9.66. The molecule has 4 unspecified atom stereocenters. The molecule has 3 fully saturated rings. The van der Waals surface area contributed by atoms with Gasteiger partial charge in [-0.15, -0.1) is 0 Å². The number of ether oxygens (including phenoxy) is 1. The number of hydrogen-bond acceptors (Lipinski definition) is 2. The first-order chi connectivity index (χ1) is 8.13. The Hall–Kier alpha value is -0.0800. The van der Waals surface area contributed by atoms with Crippen molar-refractivity contribution in [1.82, 2.24) is 0 Å². The van der Waals surface area contributed by atoms with Crippen LogP contribution in [-0.4, -0.2) is 22.4 Å². The van der Waals surface area contributed by atoms with Crippen molar-refractivity contribution in [3.63, 3.8) is 0 Å². The highest BCUT2D eigenvalue weighted by atomic mass is 16.5. The van der Waals surface area contributed by atoms with E-state index in [0.717, 1.165) is 31.6 Å². The van der Waals surface area contributed by atoms with E-state index in [0.29, 0.717) is 6.10 Å². The van der Waals surface area contributed by atoms with Crippen LogP contribution < -0.4 is 0 Å².